The van der Waals surface area contributed by atoms with Gasteiger partial charge in [-0.2, -0.15) is 0 Å². The summed E-state index contributed by atoms with van der Waals surface area (Å²) in [5.41, 5.74) is 4.71. The number of ether oxygens (including phenoxy) is 1. The topological polar surface area (TPSA) is 110 Å². The molecule has 0 saturated carbocycles. The zero-order valence-corrected chi connectivity index (χ0v) is 24.0. The van der Waals surface area contributed by atoms with Gasteiger partial charge in [0.2, 0.25) is 11.8 Å². The SMILES string of the molecule is CC(=O)NCc1cc(-c2c(-c3ccc(Cl)cc3)ncn2CC(=O)N2CCN(C(=O)OCc3ccccc3)CC2)ccn1. The summed E-state index contributed by atoms with van der Waals surface area (Å²) < 4.78 is 7.27. The number of carbonyl (C=O) groups excluding carboxylic acids is 3. The quantitative estimate of drug-likeness (QED) is 0.328. The van der Waals surface area contributed by atoms with E-state index in [1.165, 1.54) is 6.92 Å². The summed E-state index contributed by atoms with van der Waals surface area (Å²) in [6.45, 7) is 3.61. The van der Waals surface area contributed by atoms with Crippen molar-refractivity contribution in [1.29, 1.82) is 0 Å². The highest BCUT2D eigenvalue weighted by molar-refractivity contribution is 6.30. The maximum absolute atomic E-state index is 13.4. The van der Waals surface area contributed by atoms with Crippen LogP contribution in [0.25, 0.3) is 22.5 Å². The molecular weight excluding hydrogens is 556 g/mol. The van der Waals surface area contributed by atoms with E-state index in [1.54, 1.807) is 34.5 Å². The first-order valence-electron chi connectivity index (χ1n) is 13.6. The highest BCUT2D eigenvalue weighted by Crippen LogP contribution is 2.32. The number of hydrogen-bond donors (Lipinski definition) is 1. The summed E-state index contributed by atoms with van der Waals surface area (Å²) in [5.74, 6) is -0.231. The molecule has 0 atom stereocenters. The van der Waals surface area contributed by atoms with E-state index in [2.05, 4.69) is 15.3 Å². The second-order valence-corrected chi connectivity index (χ2v) is 10.4. The zero-order chi connectivity index (χ0) is 29.5. The lowest BCUT2D eigenvalue weighted by molar-refractivity contribution is -0.133. The largest absolute Gasteiger partial charge is 0.445 e. The molecule has 11 heteroatoms. The van der Waals surface area contributed by atoms with E-state index in [-0.39, 0.29) is 37.6 Å². The van der Waals surface area contributed by atoms with E-state index < -0.39 is 0 Å². The summed E-state index contributed by atoms with van der Waals surface area (Å²) in [4.78, 5) is 49.9. The van der Waals surface area contributed by atoms with Gasteiger partial charge in [-0.3, -0.25) is 14.6 Å². The summed E-state index contributed by atoms with van der Waals surface area (Å²) in [6.07, 6.45) is 2.94. The zero-order valence-electron chi connectivity index (χ0n) is 23.2. The van der Waals surface area contributed by atoms with Crippen molar-refractivity contribution in [3.8, 4) is 22.5 Å². The normalized spacial score (nSPS) is 13.1. The van der Waals surface area contributed by atoms with Crippen molar-refractivity contribution >= 4 is 29.5 Å². The average molecular weight is 587 g/mol. The molecule has 10 nitrogen and oxygen atoms in total. The van der Waals surface area contributed by atoms with Crippen LogP contribution in [-0.4, -0.2) is 68.4 Å². The molecule has 0 unspecified atom stereocenters. The Hall–Kier alpha value is -4.70. The Balaban J connectivity index is 1.29. The summed E-state index contributed by atoms with van der Waals surface area (Å²) >= 11 is 6.12. The Labute approximate surface area is 248 Å². The van der Waals surface area contributed by atoms with Gasteiger partial charge in [0.15, 0.2) is 0 Å². The number of imidazole rings is 1. The first-order valence-corrected chi connectivity index (χ1v) is 14.0. The van der Waals surface area contributed by atoms with E-state index in [4.69, 9.17) is 16.3 Å². The minimum absolute atomic E-state index is 0.0672. The molecule has 5 rings (SSSR count). The van der Waals surface area contributed by atoms with Gasteiger partial charge in [0.1, 0.15) is 13.2 Å². The molecule has 2 aromatic heterocycles. The number of halogens is 1. The van der Waals surface area contributed by atoms with E-state index in [9.17, 15) is 14.4 Å². The summed E-state index contributed by atoms with van der Waals surface area (Å²) in [5, 5.41) is 3.38. The first kappa shape index (κ1) is 28.8. The maximum Gasteiger partial charge on any atom is 0.410 e. The Morgan fingerprint density at radius 2 is 1.62 bits per heavy atom. The molecule has 0 spiro atoms. The van der Waals surface area contributed by atoms with Crippen molar-refractivity contribution in [3.63, 3.8) is 0 Å². The van der Waals surface area contributed by atoms with Gasteiger partial charge in [0.25, 0.3) is 0 Å². The standard InChI is InChI=1S/C31H31ClN6O4/c1-22(39)34-18-27-17-25(11-12-33-27)30-29(24-7-9-26(32)10-8-24)35-21-38(30)19-28(40)36-13-15-37(16-14-36)31(41)42-20-23-5-3-2-4-6-23/h2-12,17,21H,13-16,18-20H2,1H3,(H,34,39). The number of rotatable bonds is 8. The van der Waals surface area contributed by atoms with E-state index >= 15 is 0 Å². The first-order chi connectivity index (χ1) is 20.4. The predicted octanol–water partition coefficient (Wildman–Crippen LogP) is 4.38. The third-order valence-corrected chi connectivity index (χ3v) is 7.22. The smallest absolute Gasteiger partial charge is 0.410 e. The van der Waals surface area contributed by atoms with Crippen molar-refractivity contribution in [2.24, 2.45) is 0 Å². The fourth-order valence-corrected chi connectivity index (χ4v) is 4.88. The number of aromatic nitrogens is 3. The monoisotopic (exact) mass is 586 g/mol. The molecule has 1 aliphatic rings. The number of nitrogens with zero attached hydrogens (tertiary/aromatic N) is 5. The minimum Gasteiger partial charge on any atom is -0.445 e. The maximum atomic E-state index is 13.4. The molecular formula is C31H31ClN6O4. The average Bonchev–Trinajstić information content (AvgIpc) is 3.43. The molecule has 1 aliphatic heterocycles. The van der Waals surface area contributed by atoms with Gasteiger partial charge in [-0.05, 0) is 29.8 Å². The van der Waals surface area contributed by atoms with Crippen LogP contribution in [0.3, 0.4) is 0 Å². The van der Waals surface area contributed by atoms with E-state index in [0.29, 0.717) is 42.6 Å². The third-order valence-electron chi connectivity index (χ3n) is 6.97. The van der Waals surface area contributed by atoms with Crippen molar-refractivity contribution in [3.05, 3.63) is 95.5 Å². The van der Waals surface area contributed by atoms with Crippen LogP contribution in [0.4, 0.5) is 4.79 Å². The number of amides is 3. The Kier molecular flexibility index (Phi) is 9.13. The number of pyridine rings is 1. The van der Waals surface area contributed by atoms with Crippen LogP contribution in [-0.2, 0) is 34.0 Å². The highest BCUT2D eigenvalue weighted by atomic mass is 35.5. The predicted molar refractivity (Wildman–Crippen MR) is 158 cm³/mol. The van der Waals surface area contributed by atoms with Gasteiger partial charge < -0.3 is 24.4 Å². The molecule has 2 aromatic carbocycles. The van der Waals surface area contributed by atoms with Crippen molar-refractivity contribution < 1.29 is 19.1 Å². The molecule has 4 aromatic rings. The molecule has 216 valence electrons. The fraction of sp³-hybridized carbons (Fsp3) is 0.258. The molecule has 0 aliphatic carbocycles. The van der Waals surface area contributed by atoms with Crippen LogP contribution < -0.4 is 5.32 Å². The summed E-state index contributed by atoms with van der Waals surface area (Å²) in [7, 11) is 0. The number of nitrogens with one attached hydrogen (secondary N) is 1. The lowest BCUT2D eigenvalue weighted by Crippen LogP contribution is -2.51. The van der Waals surface area contributed by atoms with E-state index in [1.807, 2.05) is 59.2 Å². The number of carbonyl (C=O) groups is 3. The molecule has 1 saturated heterocycles. The van der Waals surface area contributed by atoms with Gasteiger partial charge in [-0.1, -0.05) is 54.1 Å². The molecule has 3 amide bonds. The molecule has 1 fully saturated rings. The highest BCUT2D eigenvalue weighted by Gasteiger charge is 2.26. The van der Waals surface area contributed by atoms with E-state index in [0.717, 1.165) is 22.4 Å². The molecule has 0 bridgehead atoms. The lowest BCUT2D eigenvalue weighted by atomic mass is 10.0. The van der Waals surface area contributed by atoms with Gasteiger partial charge in [0, 0.05) is 55.4 Å². The second-order valence-electron chi connectivity index (χ2n) is 9.93. The van der Waals surface area contributed by atoms with Crippen molar-refractivity contribution in [1.82, 2.24) is 29.7 Å². The lowest BCUT2D eigenvalue weighted by Gasteiger charge is -2.34. The molecule has 1 N–H and O–H groups in total. The van der Waals surface area contributed by atoms with Gasteiger partial charge in [-0.25, -0.2) is 9.78 Å². The minimum atomic E-state index is -0.386. The van der Waals surface area contributed by atoms with Crippen LogP contribution in [0.1, 0.15) is 18.2 Å². The van der Waals surface area contributed by atoms with Gasteiger partial charge in [0.05, 0.1) is 30.0 Å². The van der Waals surface area contributed by atoms with Crippen LogP contribution in [0, 0.1) is 0 Å². The molecule has 0 radical (unpaired) electrons. The Morgan fingerprint density at radius 3 is 2.33 bits per heavy atom. The number of hydrogen-bond acceptors (Lipinski definition) is 6. The molecule has 3 heterocycles. The van der Waals surface area contributed by atoms with Crippen LogP contribution >= 0.6 is 11.6 Å². The van der Waals surface area contributed by atoms with Crippen molar-refractivity contribution in [2.45, 2.75) is 26.6 Å². The van der Waals surface area contributed by atoms with Gasteiger partial charge >= 0.3 is 6.09 Å². The van der Waals surface area contributed by atoms with Crippen molar-refractivity contribution in [2.75, 3.05) is 26.2 Å². The summed E-state index contributed by atoms with van der Waals surface area (Å²) in [6, 6.07) is 20.6. The number of piperazine rings is 1. The number of benzene rings is 2. The molecule has 42 heavy (non-hydrogen) atoms. The Bertz CT molecular complexity index is 1550. The van der Waals surface area contributed by atoms with Crippen LogP contribution in [0.2, 0.25) is 5.02 Å². The van der Waals surface area contributed by atoms with Gasteiger partial charge in [-0.15, -0.1) is 0 Å². The Morgan fingerprint density at radius 1 is 0.905 bits per heavy atom. The van der Waals surface area contributed by atoms with Crippen LogP contribution in [0.5, 0.6) is 0 Å². The second kappa shape index (κ2) is 13.3. The van der Waals surface area contributed by atoms with Crippen LogP contribution in [0.15, 0.2) is 79.3 Å². The fourth-order valence-electron chi connectivity index (χ4n) is 4.76. The third kappa shape index (κ3) is 7.13.